The van der Waals surface area contributed by atoms with Crippen LogP contribution in [-0.4, -0.2) is 36.8 Å². The molecule has 2 aromatic rings. The van der Waals surface area contributed by atoms with Gasteiger partial charge in [0.25, 0.3) is 0 Å². The summed E-state index contributed by atoms with van der Waals surface area (Å²) in [7, 11) is -5.94. The van der Waals surface area contributed by atoms with Crippen molar-refractivity contribution in [2.24, 2.45) is 0 Å². The van der Waals surface area contributed by atoms with Gasteiger partial charge in [-0.2, -0.15) is 8.78 Å². The van der Waals surface area contributed by atoms with Gasteiger partial charge in [0, 0.05) is 6.08 Å². The van der Waals surface area contributed by atoms with Crippen molar-refractivity contribution in [3.8, 4) is 5.75 Å². The summed E-state index contributed by atoms with van der Waals surface area (Å²) in [5.41, 5.74) is -0.132. The fourth-order valence-electron chi connectivity index (χ4n) is 1.88. The van der Waals surface area contributed by atoms with E-state index in [9.17, 15) is 31.3 Å². The monoisotopic (exact) mass is 385 g/mol. The van der Waals surface area contributed by atoms with Crippen molar-refractivity contribution in [2.75, 3.05) is 6.61 Å². The second-order valence-electron chi connectivity index (χ2n) is 5.02. The average Bonchev–Trinajstić information content (AvgIpc) is 2.58. The SMILES string of the molecule is C=CC(=O)Oc1ccc2cc(C(=O)OCC(F)(F)S(=O)(=O)[O-])ccc2c1. The number of ether oxygens (including phenoxy) is 2. The fourth-order valence-corrected chi connectivity index (χ4v) is 2.08. The van der Waals surface area contributed by atoms with Gasteiger partial charge in [-0.05, 0) is 35.0 Å². The summed E-state index contributed by atoms with van der Waals surface area (Å²) in [6.07, 6.45) is 0.987. The van der Waals surface area contributed by atoms with Crippen molar-refractivity contribution in [1.29, 1.82) is 0 Å². The molecule has 10 heteroatoms. The Morgan fingerprint density at radius 1 is 1.15 bits per heavy atom. The topological polar surface area (TPSA) is 110 Å². The van der Waals surface area contributed by atoms with Crippen LogP contribution in [-0.2, 0) is 19.6 Å². The first-order valence-corrected chi connectivity index (χ1v) is 8.33. The minimum absolute atomic E-state index is 0.132. The van der Waals surface area contributed by atoms with Crippen molar-refractivity contribution in [2.45, 2.75) is 5.25 Å². The van der Waals surface area contributed by atoms with E-state index in [0.29, 0.717) is 10.8 Å². The van der Waals surface area contributed by atoms with Gasteiger partial charge in [0.05, 0.1) is 5.56 Å². The molecule has 0 fully saturated rings. The Labute approximate surface area is 146 Å². The third kappa shape index (κ3) is 4.41. The minimum Gasteiger partial charge on any atom is -0.743 e. The second-order valence-corrected chi connectivity index (χ2v) is 6.52. The van der Waals surface area contributed by atoms with Gasteiger partial charge < -0.3 is 14.0 Å². The van der Waals surface area contributed by atoms with Gasteiger partial charge in [-0.1, -0.05) is 18.7 Å². The molecule has 0 amide bonds. The van der Waals surface area contributed by atoms with Crippen LogP contribution in [0.4, 0.5) is 8.78 Å². The molecular weight excluding hydrogens is 374 g/mol. The number of benzene rings is 2. The predicted molar refractivity (Wildman–Crippen MR) is 84.7 cm³/mol. The molecule has 0 unspecified atom stereocenters. The lowest BCUT2D eigenvalue weighted by atomic mass is 10.1. The largest absolute Gasteiger partial charge is 0.743 e. The molecule has 138 valence electrons. The first kappa shape index (κ1) is 19.5. The number of hydrogen-bond acceptors (Lipinski definition) is 7. The maximum Gasteiger partial charge on any atom is 0.367 e. The summed E-state index contributed by atoms with van der Waals surface area (Å²) in [6.45, 7) is 1.38. The lowest BCUT2D eigenvalue weighted by Crippen LogP contribution is -2.34. The van der Waals surface area contributed by atoms with Gasteiger partial charge in [-0.15, -0.1) is 0 Å². The Morgan fingerprint density at radius 3 is 2.38 bits per heavy atom. The third-order valence-electron chi connectivity index (χ3n) is 3.17. The van der Waals surface area contributed by atoms with Gasteiger partial charge in [0.2, 0.25) is 0 Å². The van der Waals surface area contributed by atoms with Gasteiger partial charge in [-0.25, -0.2) is 18.0 Å². The second kappa shape index (κ2) is 7.18. The number of halogens is 2. The highest BCUT2D eigenvalue weighted by Crippen LogP contribution is 2.24. The van der Waals surface area contributed by atoms with Crippen LogP contribution < -0.4 is 4.74 Å². The molecule has 0 heterocycles. The number of hydrogen-bond donors (Lipinski definition) is 0. The summed E-state index contributed by atoms with van der Waals surface area (Å²) in [5.74, 6) is -1.64. The standard InChI is InChI=1S/C16H12F2O7S/c1-2-14(19)25-13-6-5-10-7-12(4-3-11(10)8-13)15(20)24-9-16(17,18)26(21,22)23/h2-8H,1,9H2,(H,21,22,23)/p-1. The van der Waals surface area contributed by atoms with E-state index in [-0.39, 0.29) is 11.3 Å². The molecule has 0 saturated carbocycles. The van der Waals surface area contributed by atoms with E-state index in [1.54, 1.807) is 0 Å². The van der Waals surface area contributed by atoms with Gasteiger partial charge in [0.15, 0.2) is 16.7 Å². The molecule has 0 atom stereocenters. The third-order valence-corrected chi connectivity index (χ3v) is 4.02. The van der Waals surface area contributed by atoms with Crippen LogP contribution >= 0.6 is 0 Å². The van der Waals surface area contributed by atoms with E-state index in [2.05, 4.69) is 11.3 Å². The molecule has 0 aromatic heterocycles. The van der Waals surface area contributed by atoms with E-state index >= 15 is 0 Å². The molecule has 0 aliphatic heterocycles. The molecule has 2 aromatic carbocycles. The van der Waals surface area contributed by atoms with Gasteiger partial charge in [0.1, 0.15) is 5.75 Å². The number of carbonyl (C=O) groups is 2. The Balaban J connectivity index is 2.18. The number of esters is 2. The molecule has 0 spiro atoms. The predicted octanol–water partition coefficient (Wildman–Crippen LogP) is 2.23. The lowest BCUT2D eigenvalue weighted by Gasteiger charge is -2.19. The molecule has 7 nitrogen and oxygen atoms in total. The van der Waals surface area contributed by atoms with Crippen LogP contribution in [0, 0.1) is 0 Å². The van der Waals surface area contributed by atoms with Crippen molar-refractivity contribution < 1.29 is 40.8 Å². The molecule has 0 saturated heterocycles. The van der Waals surface area contributed by atoms with Crippen molar-refractivity contribution in [1.82, 2.24) is 0 Å². The van der Waals surface area contributed by atoms with Crippen LogP contribution in [0.25, 0.3) is 10.8 Å². The first-order valence-electron chi connectivity index (χ1n) is 6.92. The molecule has 0 N–H and O–H groups in total. The van der Waals surface area contributed by atoms with Gasteiger partial charge >= 0.3 is 17.2 Å². The lowest BCUT2D eigenvalue weighted by molar-refractivity contribution is -0.128. The van der Waals surface area contributed by atoms with E-state index in [1.807, 2.05) is 0 Å². The molecular formula is C16H11F2O7S-. The number of fused-ring (bicyclic) bond motifs is 1. The zero-order valence-electron chi connectivity index (χ0n) is 13.0. The van der Waals surface area contributed by atoms with Crippen molar-refractivity contribution in [3.05, 3.63) is 54.6 Å². The smallest absolute Gasteiger partial charge is 0.367 e. The Kier molecular flexibility index (Phi) is 5.38. The van der Waals surface area contributed by atoms with Crippen LogP contribution in [0.3, 0.4) is 0 Å². The Bertz CT molecular complexity index is 983. The molecule has 2 rings (SSSR count). The zero-order valence-corrected chi connectivity index (χ0v) is 13.8. The number of carbonyl (C=O) groups excluding carboxylic acids is 2. The quantitative estimate of drug-likeness (QED) is 0.324. The fraction of sp³-hybridized carbons (Fsp3) is 0.125. The van der Waals surface area contributed by atoms with E-state index in [1.165, 1.54) is 36.4 Å². The summed E-state index contributed by atoms with van der Waals surface area (Å²) in [4.78, 5) is 22.9. The van der Waals surface area contributed by atoms with Crippen LogP contribution in [0.1, 0.15) is 10.4 Å². The van der Waals surface area contributed by atoms with Crippen LogP contribution in [0.5, 0.6) is 5.75 Å². The maximum atomic E-state index is 13.0. The molecule has 0 aliphatic carbocycles. The summed E-state index contributed by atoms with van der Waals surface area (Å²) < 4.78 is 66.3. The summed E-state index contributed by atoms with van der Waals surface area (Å²) in [5, 5.41) is -3.65. The van der Waals surface area contributed by atoms with Gasteiger partial charge in [-0.3, -0.25) is 0 Å². The highest BCUT2D eigenvalue weighted by atomic mass is 32.2. The summed E-state index contributed by atoms with van der Waals surface area (Å²) >= 11 is 0. The normalized spacial score (nSPS) is 11.8. The van der Waals surface area contributed by atoms with E-state index in [0.717, 1.165) is 6.08 Å². The van der Waals surface area contributed by atoms with Crippen LogP contribution in [0.2, 0.25) is 0 Å². The Hall–Kier alpha value is -2.85. The molecule has 0 bridgehead atoms. The Morgan fingerprint density at radius 2 is 1.77 bits per heavy atom. The van der Waals surface area contributed by atoms with E-state index < -0.39 is 33.9 Å². The summed E-state index contributed by atoms with van der Waals surface area (Å²) in [6, 6.07) is 8.45. The zero-order chi connectivity index (χ0) is 19.5. The highest BCUT2D eigenvalue weighted by molar-refractivity contribution is 7.86. The van der Waals surface area contributed by atoms with Crippen molar-refractivity contribution in [3.63, 3.8) is 0 Å². The van der Waals surface area contributed by atoms with Crippen molar-refractivity contribution >= 4 is 32.8 Å². The number of rotatable bonds is 6. The molecule has 0 aliphatic rings. The average molecular weight is 385 g/mol. The van der Waals surface area contributed by atoms with E-state index in [4.69, 9.17) is 4.74 Å². The highest BCUT2D eigenvalue weighted by Gasteiger charge is 2.39. The maximum absolute atomic E-state index is 13.0. The minimum atomic E-state index is -5.94. The molecule has 26 heavy (non-hydrogen) atoms. The number of alkyl halides is 2. The first-order chi connectivity index (χ1) is 12.0. The molecule has 0 radical (unpaired) electrons. The van der Waals surface area contributed by atoms with Crippen LogP contribution in [0.15, 0.2) is 49.1 Å².